The average Bonchev–Trinajstić information content (AvgIpc) is 2.94. The number of aliphatic hydroxyl groups is 1. The molecule has 6 nitrogen and oxygen atoms in total. The molecule has 0 aliphatic rings. The normalized spacial score (nSPS) is 10.5. The molecule has 22 heavy (non-hydrogen) atoms. The average molecular weight is 303 g/mol. The highest BCUT2D eigenvalue weighted by Crippen LogP contribution is 2.17. The van der Waals surface area contributed by atoms with Crippen LogP contribution in [0.25, 0.3) is 0 Å². The fourth-order valence-electron chi connectivity index (χ4n) is 2.14. The van der Waals surface area contributed by atoms with Gasteiger partial charge in [-0.1, -0.05) is 11.3 Å². The maximum absolute atomic E-state index is 9.30. The second-order valence-corrected chi connectivity index (χ2v) is 4.74. The monoisotopic (exact) mass is 303 g/mol. The highest BCUT2D eigenvalue weighted by molar-refractivity contribution is 5.31. The van der Waals surface area contributed by atoms with Crippen LogP contribution >= 0.6 is 0 Å². The summed E-state index contributed by atoms with van der Waals surface area (Å²) in [7, 11) is 1.63. The highest BCUT2D eigenvalue weighted by atomic mass is 16.5. The van der Waals surface area contributed by atoms with Crippen molar-refractivity contribution >= 4 is 0 Å². The molecule has 0 unspecified atom stereocenters. The van der Waals surface area contributed by atoms with Crippen LogP contribution in [0.1, 0.15) is 17.8 Å². The summed E-state index contributed by atoms with van der Waals surface area (Å²) in [6.45, 7) is 4.76. The van der Waals surface area contributed by atoms with Gasteiger partial charge >= 0.3 is 0 Å². The zero-order chi connectivity index (χ0) is 15.8. The second-order valence-electron chi connectivity index (χ2n) is 4.74. The van der Waals surface area contributed by atoms with Gasteiger partial charge in [-0.3, -0.25) is 0 Å². The third-order valence-electron chi connectivity index (χ3n) is 3.26. The third kappa shape index (κ3) is 4.08. The summed E-state index contributed by atoms with van der Waals surface area (Å²) in [6, 6.07) is 7.48. The topological polar surface area (TPSA) is 69.4 Å². The van der Waals surface area contributed by atoms with Crippen LogP contribution in [0.5, 0.6) is 11.5 Å². The highest BCUT2D eigenvalue weighted by Gasteiger charge is 2.10. The van der Waals surface area contributed by atoms with Crippen LogP contribution in [-0.4, -0.2) is 33.8 Å². The van der Waals surface area contributed by atoms with Gasteiger partial charge in [-0.2, -0.15) is 0 Å². The maximum atomic E-state index is 9.30. The van der Waals surface area contributed by atoms with Crippen molar-refractivity contribution in [3.63, 3.8) is 0 Å². The van der Waals surface area contributed by atoms with Gasteiger partial charge in [-0.15, -0.1) is 11.7 Å². The van der Waals surface area contributed by atoms with Gasteiger partial charge in [-0.25, -0.2) is 4.68 Å². The number of aliphatic hydroxyl groups excluding tert-OH is 1. The van der Waals surface area contributed by atoms with Gasteiger partial charge in [0.25, 0.3) is 0 Å². The number of aromatic nitrogens is 3. The molecular weight excluding hydrogens is 282 g/mol. The summed E-state index contributed by atoms with van der Waals surface area (Å²) < 4.78 is 12.5. The molecule has 0 aliphatic heterocycles. The Kier molecular flexibility index (Phi) is 5.97. The minimum Gasteiger partial charge on any atom is -0.497 e. The van der Waals surface area contributed by atoms with Crippen LogP contribution in [0.4, 0.5) is 0 Å². The molecule has 2 aromatic rings. The van der Waals surface area contributed by atoms with Gasteiger partial charge < -0.3 is 14.6 Å². The van der Waals surface area contributed by atoms with E-state index in [1.807, 2.05) is 24.3 Å². The number of hydrogen-bond acceptors (Lipinski definition) is 5. The molecule has 0 aliphatic carbocycles. The number of ether oxygens (including phenoxy) is 2. The number of nitrogens with zero attached hydrogens (tertiary/aromatic N) is 3. The van der Waals surface area contributed by atoms with Crippen molar-refractivity contribution in [2.45, 2.75) is 26.0 Å². The Hall–Kier alpha value is -2.34. The third-order valence-corrected chi connectivity index (χ3v) is 3.26. The Morgan fingerprint density at radius 3 is 2.64 bits per heavy atom. The number of allylic oxidation sites excluding steroid dienone is 1. The lowest BCUT2D eigenvalue weighted by Gasteiger charge is -2.08. The molecule has 0 atom stereocenters. The minimum atomic E-state index is -0.105. The Bertz CT molecular complexity index is 593. The van der Waals surface area contributed by atoms with Gasteiger partial charge in [0.05, 0.1) is 32.6 Å². The molecule has 1 aromatic heterocycles. The van der Waals surface area contributed by atoms with Crippen molar-refractivity contribution < 1.29 is 14.6 Å². The first kappa shape index (κ1) is 16.0. The molecule has 1 aromatic carbocycles. The first-order chi connectivity index (χ1) is 10.8. The molecule has 0 bridgehead atoms. The molecule has 2 rings (SSSR count). The first-order valence-corrected chi connectivity index (χ1v) is 7.18. The van der Waals surface area contributed by atoms with Gasteiger partial charge in [0.1, 0.15) is 17.2 Å². The lowest BCUT2D eigenvalue weighted by atomic mass is 10.2. The van der Waals surface area contributed by atoms with Crippen LogP contribution < -0.4 is 9.47 Å². The smallest absolute Gasteiger partial charge is 0.119 e. The van der Waals surface area contributed by atoms with Gasteiger partial charge in [0, 0.05) is 0 Å². The molecule has 0 spiro atoms. The molecular formula is C16H21N3O3. The van der Waals surface area contributed by atoms with E-state index in [0.29, 0.717) is 18.8 Å². The Balaban J connectivity index is 1.85. The number of rotatable bonds is 9. The lowest BCUT2D eigenvalue weighted by molar-refractivity contribution is 0.274. The van der Waals surface area contributed by atoms with Gasteiger partial charge in [0.15, 0.2) is 0 Å². The van der Waals surface area contributed by atoms with E-state index >= 15 is 0 Å². The van der Waals surface area contributed by atoms with E-state index < -0.39 is 0 Å². The lowest BCUT2D eigenvalue weighted by Crippen LogP contribution is -2.07. The van der Waals surface area contributed by atoms with Crippen molar-refractivity contribution in [2.75, 3.05) is 13.7 Å². The first-order valence-electron chi connectivity index (χ1n) is 7.18. The molecule has 118 valence electrons. The summed E-state index contributed by atoms with van der Waals surface area (Å²) in [5.74, 6) is 1.61. The van der Waals surface area contributed by atoms with E-state index in [1.54, 1.807) is 17.9 Å². The molecule has 0 amide bonds. The second kappa shape index (κ2) is 8.19. The number of methoxy groups -OCH3 is 1. The minimum absolute atomic E-state index is 0.105. The predicted octanol–water partition coefficient (Wildman–Crippen LogP) is 1.98. The Morgan fingerprint density at radius 1 is 1.27 bits per heavy atom. The van der Waals surface area contributed by atoms with Crippen LogP contribution in [0, 0.1) is 0 Å². The van der Waals surface area contributed by atoms with Crippen molar-refractivity contribution in [3.8, 4) is 11.5 Å². The van der Waals surface area contributed by atoms with Gasteiger partial charge in [0.2, 0.25) is 0 Å². The predicted molar refractivity (Wildman–Crippen MR) is 83.0 cm³/mol. The van der Waals surface area contributed by atoms with Crippen LogP contribution in [-0.2, 0) is 19.6 Å². The summed E-state index contributed by atoms with van der Waals surface area (Å²) in [5.41, 5.74) is 1.55. The zero-order valence-electron chi connectivity index (χ0n) is 12.7. The molecule has 0 saturated heterocycles. The molecule has 6 heteroatoms. The summed E-state index contributed by atoms with van der Waals surface area (Å²) >= 11 is 0. The zero-order valence-corrected chi connectivity index (χ0v) is 12.7. The van der Waals surface area contributed by atoms with Crippen molar-refractivity contribution in [2.24, 2.45) is 0 Å². The van der Waals surface area contributed by atoms with Crippen LogP contribution in [0.15, 0.2) is 36.9 Å². The van der Waals surface area contributed by atoms with E-state index in [4.69, 9.17) is 9.47 Å². The number of hydrogen-bond donors (Lipinski definition) is 1. The summed E-state index contributed by atoms with van der Waals surface area (Å²) in [4.78, 5) is 0. The van der Waals surface area contributed by atoms with Crippen molar-refractivity contribution in [1.82, 2.24) is 15.0 Å². The maximum Gasteiger partial charge on any atom is 0.119 e. The van der Waals surface area contributed by atoms with E-state index in [0.717, 1.165) is 30.0 Å². The fourth-order valence-corrected chi connectivity index (χ4v) is 2.14. The van der Waals surface area contributed by atoms with Crippen LogP contribution in [0.2, 0.25) is 0 Å². The van der Waals surface area contributed by atoms with E-state index in [9.17, 15) is 5.11 Å². The van der Waals surface area contributed by atoms with E-state index in [2.05, 4.69) is 16.9 Å². The molecule has 0 fully saturated rings. The summed E-state index contributed by atoms with van der Waals surface area (Å²) in [6.07, 6.45) is 3.31. The van der Waals surface area contributed by atoms with Crippen molar-refractivity contribution in [3.05, 3.63) is 48.3 Å². The number of benzene rings is 1. The molecule has 1 heterocycles. The standard InChI is InChI=1S/C16H21N3O3/c1-3-10-19-16(15(12-20)17-18-19)5-4-11-22-14-8-6-13(21-2)7-9-14/h3,6-9,20H,1,4-5,10-12H2,2H3. The largest absolute Gasteiger partial charge is 0.497 e. The van der Waals surface area contributed by atoms with E-state index in [1.165, 1.54) is 0 Å². The summed E-state index contributed by atoms with van der Waals surface area (Å²) in [5, 5.41) is 17.3. The molecule has 0 radical (unpaired) electrons. The SMILES string of the molecule is C=CCn1nnc(CO)c1CCCOc1ccc(OC)cc1. The Labute approximate surface area is 130 Å². The molecule has 1 N–H and O–H groups in total. The van der Waals surface area contributed by atoms with Crippen LogP contribution in [0.3, 0.4) is 0 Å². The van der Waals surface area contributed by atoms with Gasteiger partial charge in [-0.05, 0) is 37.1 Å². The quantitative estimate of drug-likeness (QED) is 0.566. The van der Waals surface area contributed by atoms with Crippen molar-refractivity contribution in [1.29, 1.82) is 0 Å². The van der Waals surface area contributed by atoms with E-state index in [-0.39, 0.29) is 6.61 Å². The Morgan fingerprint density at radius 2 is 2.00 bits per heavy atom. The molecule has 0 saturated carbocycles. The fraction of sp³-hybridized carbons (Fsp3) is 0.375.